The number of hydrogen-bond acceptors (Lipinski definition) is 6. The highest BCUT2D eigenvalue weighted by Crippen LogP contribution is 2.14. The SMILES string of the molecule is CCCCCCCCCCCCCCCC(=O)C(O)(CO)CO.O=S(=O)(O)O. The van der Waals surface area contributed by atoms with Crippen LogP contribution in [0.25, 0.3) is 0 Å². The van der Waals surface area contributed by atoms with E-state index < -0.39 is 35.0 Å². The maximum atomic E-state index is 11.7. The average Bonchev–Trinajstić information content (AvgIpc) is 2.63. The molecule has 0 bridgehead atoms. The van der Waals surface area contributed by atoms with E-state index in [2.05, 4.69) is 6.92 Å². The second-order valence-corrected chi connectivity index (χ2v) is 8.11. The summed E-state index contributed by atoms with van der Waals surface area (Å²) >= 11 is 0. The highest BCUT2D eigenvalue weighted by molar-refractivity contribution is 7.79. The van der Waals surface area contributed by atoms with Gasteiger partial charge < -0.3 is 15.3 Å². The van der Waals surface area contributed by atoms with Crippen molar-refractivity contribution in [2.75, 3.05) is 13.2 Å². The van der Waals surface area contributed by atoms with Gasteiger partial charge in [0.15, 0.2) is 11.4 Å². The molecule has 0 aromatic heterocycles. The van der Waals surface area contributed by atoms with Crippen LogP contribution in [0.4, 0.5) is 0 Å². The molecule has 0 fully saturated rings. The summed E-state index contributed by atoms with van der Waals surface area (Å²) in [6, 6.07) is 0. The van der Waals surface area contributed by atoms with Crippen molar-refractivity contribution in [1.29, 1.82) is 0 Å². The van der Waals surface area contributed by atoms with Gasteiger partial charge in [-0.25, -0.2) is 0 Å². The predicted octanol–water partition coefficient (Wildman–Crippen LogP) is 3.10. The van der Waals surface area contributed by atoms with Gasteiger partial charge in [-0.3, -0.25) is 13.9 Å². The van der Waals surface area contributed by atoms with E-state index in [0.29, 0.717) is 0 Å². The molecule has 0 aliphatic heterocycles. The van der Waals surface area contributed by atoms with Crippen LogP contribution in [0.1, 0.15) is 96.8 Å². The Bertz CT molecular complexity index is 453. The van der Waals surface area contributed by atoms with E-state index in [-0.39, 0.29) is 6.42 Å². The van der Waals surface area contributed by atoms with Crippen LogP contribution in [0.2, 0.25) is 0 Å². The Kier molecular flexibility index (Phi) is 19.5. The van der Waals surface area contributed by atoms with Crippen molar-refractivity contribution < 1.29 is 37.6 Å². The molecule has 0 amide bonds. The van der Waals surface area contributed by atoms with Crippen LogP contribution in [0.15, 0.2) is 0 Å². The van der Waals surface area contributed by atoms with Crippen LogP contribution >= 0.6 is 0 Å². The number of carbonyl (C=O) groups is 1. The third-order valence-electron chi connectivity index (χ3n) is 4.55. The minimum atomic E-state index is -4.67. The number of carbonyl (C=O) groups excluding carboxylic acids is 1. The molecule has 0 saturated carbocycles. The summed E-state index contributed by atoms with van der Waals surface area (Å²) < 4.78 is 31.6. The fourth-order valence-corrected chi connectivity index (χ4v) is 2.76. The van der Waals surface area contributed by atoms with Crippen molar-refractivity contribution in [3.8, 4) is 0 Å². The summed E-state index contributed by atoms with van der Waals surface area (Å²) in [5.41, 5.74) is -1.95. The monoisotopic (exact) mass is 428 g/mol. The Morgan fingerprint density at radius 3 is 1.29 bits per heavy atom. The molecular weight excluding hydrogens is 388 g/mol. The van der Waals surface area contributed by atoms with E-state index in [0.717, 1.165) is 19.3 Å². The van der Waals surface area contributed by atoms with Crippen molar-refractivity contribution in [2.45, 2.75) is 102 Å². The van der Waals surface area contributed by atoms with Gasteiger partial charge in [0, 0.05) is 6.42 Å². The van der Waals surface area contributed by atoms with E-state index in [1.807, 2.05) is 0 Å². The number of aliphatic hydroxyl groups is 3. The molecule has 0 aliphatic carbocycles. The molecule has 0 aromatic rings. The summed E-state index contributed by atoms with van der Waals surface area (Å²) in [5.74, 6) is -0.453. The topological polar surface area (TPSA) is 152 Å². The highest BCUT2D eigenvalue weighted by atomic mass is 32.3. The molecule has 0 radical (unpaired) electrons. The molecule has 0 heterocycles. The van der Waals surface area contributed by atoms with Crippen LogP contribution < -0.4 is 0 Å². The van der Waals surface area contributed by atoms with E-state index >= 15 is 0 Å². The minimum absolute atomic E-state index is 0.232. The molecular formula is C19H40O8S. The Balaban J connectivity index is 0. The Hall–Kier alpha value is -0.580. The Morgan fingerprint density at radius 1 is 0.714 bits per heavy atom. The van der Waals surface area contributed by atoms with Crippen molar-refractivity contribution >= 4 is 16.2 Å². The van der Waals surface area contributed by atoms with Gasteiger partial charge in [0.2, 0.25) is 0 Å². The van der Waals surface area contributed by atoms with Crippen molar-refractivity contribution in [3.05, 3.63) is 0 Å². The molecule has 0 aromatic carbocycles. The zero-order valence-corrected chi connectivity index (χ0v) is 18.0. The summed E-state index contributed by atoms with van der Waals surface area (Å²) in [7, 11) is -4.67. The Labute approximate surface area is 169 Å². The zero-order valence-electron chi connectivity index (χ0n) is 17.2. The fourth-order valence-electron chi connectivity index (χ4n) is 2.76. The highest BCUT2D eigenvalue weighted by Gasteiger charge is 2.33. The minimum Gasteiger partial charge on any atom is -0.393 e. The van der Waals surface area contributed by atoms with Crippen LogP contribution in [-0.4, -0.2) is 57.4 Å². The second kappa shape index (κ2) is 18.4. The summed E-state index contributed by atoms with van der Waals surface area (Å²) in [5, 5.41) is 27.5. The molecule has 0 spiro atoms. The standard InChI is InChI=1S/C19H38O4.H2O4S/c1-2-3-4-5-6-7-8-9-10-11-12-13-14-15-18(22)19(23,16-20)17-21;1-5(2,3)4/h20-21,23H,2-17H2,1H3;(H2,1,2,3,4). The first-order valence-corrected chi connectivity index (χ1v) is 11.7. The largest absolute Gasteiger partial charge is 0.394 e. The van der Waals surface area contributed by atoms with Gasteiger partial charge in [0.1, 0.15) is 0 Å². The van der Waals surface area contributed by atoms with Gasteiger partial charge >= 0.3 is 10.4 Å². The van der Waals surface area contributed by atoms with E-state index in [1.165, 1.54) is 64.2 Å². The molecule has 0 atom stereocenters. The lowest BCUT2D eigenvalue weighted by molar-refractivity contribution is -0.146. The molecule has 8 nitrogen and oxygen atoms in total. The van der Waals surface area contributed by atoms with Crippen LogP contribution in [-0.2, 0) is 15.2 Å². The van der Waals surface area contributed by atoms with Gasteiger partial charge in [-0.1, -0.05) is 84.0 Å². The number of aliphatic hydroxyl groups excluding tert-OH is 2. The van der Waals surface area contributed by atoms with E-state index in [9.17, 15) is 9.90 Å². The third-order valence-corrected chi connectivity index (χ3v) is 4.55. The van der Waals surface area contributed by atoms with Crippen LogP contribution in [0, 0.1) is 0 Å². The number of Topliss-reactive ketones (excluding diaryl/α,β-unsaturated/α-hetero) is 1. The van der Waals surface area contributed by atoms with Gasteiger partial charge in [0.25, 0.3) is 0 Å². The van der Waals surface area contributed by atoms with Gasteiger partial charge in [-0.15, -0.1) is 0 Å². The number of rotatable bonds is 17. The third kappa shape index (κ3) is 21.7. The first-order valence-electron chi connectivity index (χ1n) is 10.3. The normalized spacial score (nSPS) is 11.8. The smallest absolute Gasteiger partial charge is 0.393 e. The number of ketones is 1. The van der Waals surface area contributed by atoms with Crippen molar-refractivity contribution in [1.82, 2.24) is 0 Å². The van der Waals surface area contributed by atoms with E-state index in [4.69, 9.17) is 27.7 Å². The molecule has 9 heteroatoms. The maximum absolute atomic E-state index is 11.7. The molecule has 28 heavy (non-hydrogen) atoms. The lowest BCUT2D eigenvalue weighted by Crippen LogP contribution is -2.45. The van der Waals surface area contributed by atoms with Gasteiger partial charge in [0.05, 0.1) is 13.2 Å². The molecule has 0 aliphatic rings. The molecule has 5 N–H and O–H groups in total. The van der Waals surface area contributed by atoms with Crippen LogP contribution in [0.5, 0.6) is 0 Å². The van der Waals surface area contributed by atoms with E-state index in [1.54, 1.807) is 0 Å². The zero-order chi connectivity index (χ0) is 21.9. The molecule has 0 rings (SSSR count). The lowest BCUT2D eigenvalue weighted by Gasteiger charge is -2.21. The molecule has 170 valence electrons. The van der Waals surface area contributed by atoms with Crippen molar-refractivity contribution in [3.63, 3.8) is 0 Å². The number of hydrogen-bond donors (Lipinski definition) is 5. The van der Waals surface area contributed by atoms with Crippen LogP contribution in [0.3, 0.4) is 0 Å². The second-order valence-electron chi connectivity index (χ2n) is 7.21. The quantitative estimate of drug-likeness (QED) is 0.175. The van der Waals surface area contributed by atoms with Crippen molar-refractivity contribution in [2.24, 2.45) is 0 Å². The summed E-state index contributed by atoms with van der Waals surface area (Å²) in [6.45, 7) is 0.830. The average molecular weight is 429 g/mol. The van der Waals surface area contributed by atoms with Gasteiger partial charge in [-0.2, -0.15) is 8.42 Å². The fraction of sp³-hybridized carbons (Fsp3) is 0.947. The lowest BCUT2D eigenvalue weighted by atomic mass is 9.95. The van der Waals surface area contributed by atoms with Gasteiger partial charge in [-0.05, 0) is 6.42 Å². The molecule has 0 unspecified atom stereocenters. The first kappa shape index (κ1) is 29.6. The number of unbranched alkanes of at least 4 members (excludes halogenated alkanes) is 12. The Morgan fingerprint density at radius 2 is 1.00 bits per heavy atom. The molecule has 0 saturated heterocycles. The maximum Gasteiger partial charge on any atom is 0.394 e. The predicted molar refractivity (Wildman–Crippen MR) is 109 cm³/mol. The summed E-state index contributed by atoms with van der Waals surface area (Å²) in [4.78, 5) is 11.7. The first-order chi connectivity index (χ1) is 13.1. The summed E-state index contributed by atoms with van der Waals surface area (Å²) in [6.07, 6.45) is 16.3.